The van der Waals surface area contributed by atoms with E-state index in [0.717, 1.165) is 44.8 Å². The third kappa shape index (κ3) is 4.84. The quantitative estimate of drug-likeness (QED) is 0.448. The van der Waals surface area contributed by atoms with Crippen molar-refractivity contribution in [1.29, 1.82) is 0 Å². The third-order valence-electron chi connectivity index (χ3n) is 6.23. The van der Waals surface area contributed by atoms with Gasteiger partial charge in [0.2, 0.25) is 0 Å². The summed E-state index contributed by atoms with van der Waals surface area (Å²) in [6, 6.07) is 10.7. The normalized spacial score (nSPS) is 15.6. The van der Waals surface area contributed by atoms with Crippen molar-refractivity contribution in [2.45, 2.75) is 25.8 Å². The van der Waals surface area contributed by atoms with Gasteiger partial charge in [0.05, 0.1) is 0 Å². The lowest BCUT2D eigenvalue weighted by molar-refractivity contribution is 0.125. The number of hydrogen-bond donors (Lipinski definition) is 1. The molecule has 0 bridgehead atoms. The van der Waals surface area contributed by atoms with Crippen LogP contribution in [0.5, 0.6) is 0 Å². The van der Waals surface area contributed by atoms with E-state index in [2.05, 4.69) is 60.4 Å². The Morgan fingerprint density at radius 1 is 0.935 bits per heavy atom. The SMILES string of the molecule is c1cncc(CN2CCN(CCCCc3c[nH]c4ccc(-n5cnnc5)cc34)CC2)c1. The number of aromatic amines is 1. The van der Waals surface area contributed by atoms with Crippen LogP contribution < -0.4 is 0 Å². The maximum atomic E-state index is 4.23. The summed E-state index contributed by atoms with van der Waals surface area (Å²) in [6.07, 6.45) is 13.0. The van der Waals surface area contributed by atoms with Gasteiger partial charge in [-0.2, -0.15) is 0 Å². The molecule has 1 fully saturated rings. The van der Waals surface area contributed by atoms with Crippen LogP contribution in [0.15, 0.2) is 61.6 Å². The fourth-order valence-corrected chi connectivity index (χ4v) is 4.44. The van der Waals surface area contributed by atoms with E-state index >= 15 is 0 Å². The molecule has 1 N–H and O–H groups in total. The van der Waals surface area contributed by atoms with Gasteiger partial charge in [0.1, 0.15) is 12.7 Å². The van der Waals surface area contributed by atoms with Crippen LogP contribution >= 0.6 is 0 Å². The first-order valence-electron chi connectivity index (χ1n) is 11.1. The number of nitrogens with one attached hydrogen (secondary N) is 1. The first-order valence-corrected chi connectivity index (χ1v) is 11.1. The third-order valence-corrected chi connectivity index (χ3v) is 6.23. The summed E-state index contributed by atoms with van der Waals surface area (Å²) in [5.41, 5.74) is 4.99. The van der Waals surface area contributed by atoms with E-state index in [1.165, 1.54) is 41.4 Å². The number of nitrogens with zero attached hydrogens (tertiary/aromatic N) is 6. The van der Waals surface area contributed by atoms with E-state index in [0.29, 0.717) is 0 Å². The maximum absolute atomic E-state index is 4.23. The number of hydrogen-bond acceptors (Lipinski definition) is 5. The lowest BCUT2D eigenvalue weighted by atomic mass is 10.1. The molecule has 1 aliphatic rings. The van der Waals surface area contributed by atoms with Crippen LogP contribution in [0.25, 0.3) is 16.6 Å². The molecule has 31 heavy (non-hydrogen) atoms. The zero-order valence-corrected chi connectivity index (χ0v) is 17.8. The molecule has 0 unspecified atom stereocenters. The van der Waals surface area contributed by atoms with Gasteiger partial charge in [0, 0.05) is 67.9 Å². The maximum Gasteiger partial charge on any atom is 0.123 e. The number of fused-ring (bicyclic) bond motifs is 1. The lowest BCUT2D eigenvalue weighted by Crippen LogP contribution is -2.46. The van der Waals surface area contributed by atoms with Crippen LogP contribution in [0.2, 0.25) is 0 Å². The minimum absolute atomic E-state index is 1.01. The van der Waals surface area contributed by atoms with E-state index in [9.17, 15) is 0 Å². The molecule has 0 amide bonds. The average molecular weight is 416 g/mol. The number of aromatic nitrogens is 5. The van der Waals surface area contributed by atoms with Crippen molar-refractivity contribution in [1.82, 2.24) is 34.5 Å². The van der Waals surface area contributed by atoms with Crippen LogP contribution in [-0.2, 0) is 13.0 Å². The Balaban J connectivity index is 1.08. The highest BCUT2D eigenvalue weighted by Gasteiger charge is 2.16. The molecule has 4 aromatic rings. The van der Waals surface area contributed by atoms with Crippen LogP contribution in [0.1, 0.15) is 24.0 Å². The molecule has 0 saturated carbocycles. The molecule has 7 heteroatoms. The van der Waals surface area contributed by atoms with Gasteiger partial charge in [-0.1, -0.05) is 6.07 Å². The van der Waals surface area contributed by atoms with Crippen molar-refractivity contribution in [3.8, 4) is 5.69 Å². The summed E-state index contributed by atoms with van der Waals surface area (Å²) in [4.78, 5) is 12.8. The van der Waals surface area contributed by atoms with Crippen LogP contribution in [0.4, 0.5) is 0 Å². The van der Waals surface area contributed by atoms with Crippen LogP contribution in [0, 0.1) is 0 Å². The molecule has 160 valence electrons. The fraction of sp³-hybridized carbons (Fsp3) is 0.375. The predicted octanol–water partition coefficient (Wildman–Crippen LogP) is 3.28. The first-order chi connectivity index (χ1) is 15.3. The summed E-state index contributed by atoms with van der Waals surface area (Å²) in [5.74, 6) is 0. The highest BCUT2D eigenvalue weighted by molar-refractivity contribution is 5.85. The predicted molar refractivity (Wildman–Crippen MR) is 122 cm³/mol. The van der Waals surface area contributed by atoms with Crippen molar-refractivity contribution in [3.05, 3.63) is 72.7 Å². The molecule has 3 aromatic heterocycles. The van der Waals surface area contributed by atoms with E-state index < -0.39 is 0 Å². The number of pyridine rings is 1. The zero-order valence-electron chi connectivity index (χ0n) is 17.8. The Hall–Kier alpha value is -3.03. The fourth-order valence-electron chi connectivity index (χ4n) is 4.44. The minimum atomic E-state index is 1.01. The monoisotopic (exact) mass is 415 g/mol. The standard InChI is InChI=1S/C24H29N7/c1(2-9-29-10-12-30(13-11-29)17-20-4-3-8-25-15-20)5-21-16-26-24-7-6-22(14-23(21)24)31-18-27-28-19-31/h3-4,6-8,14-16,18-19,26H,1-2,5,9-13,17H2. The number of unbranched alkanes of at least 4 members (excludes halogenated alkanes) is 1. The Morgan fingerprint density at radius 3 is 2.58 bits per heavy atom. The summed E-state index contributed by atoms with van der Waals surface area (Å²) in [5, 5.41) is 9.13. The molecule has 0 radical (unpaired) electrons. The van der Waals surface area contributed by atoms with Gasteiger partial charge in [-0.15, -0.1) is 10.2 Å². The van der Waals surface area contributed by atoms with Crippen molar-refractivity contribution in [2.24, 2.45) is 0 Å². The molecular formula is C24H29N7. The van der Waals surface area contributed by atoms with Crippen molar-refractivity contribution in [3.63, 3.8) is 0 Å². The zero-order chi connectivity index (χ0) is 20.9. The Labute approximate surface area is 182 Å². The Morgan fingerprint density at radius 2 is 1.77 bits per heavy atom. The second-order valence-corrected chi connectivity index (χ2v) is 8.35. The molecule has 5 rings (SSSR count). The Kier molecular flexibility index (Phi) is 6.04. The van der Waals surface area contributed by atoms with E-state index in [1.54, 1.807) is 12.7 Å². The molecule has 0 atom stereocenters. The second-order valence-electron chi connectivity index (χ2n) is 8.35. The topological polar surface area (TPSA) is 65.9 Å². The molecular weight excluding hydrogens is 386 g/mol. The Bertz CT molecular complexity index is 1080. The van der Waals surface area contributed by atoms with Gasteiger partial charge in [-0.25, -0.2) is 0 Å². The van der Waals surface area contributed by atoms with Gasteiger partial charge < -0.3 is 9.88 Å². The van der Waals surface area contributed by atoms with Gasteiger partial charge in [0.25, 0.3) is 0 Å². The number of H-pyrrole nitrogens is 1. The van der Waals surface area contributed by atoms with E-state index in [1.807, 2.05) is 23.0 Å². The van der Waals surface area contributed by atoms with Crippen molar-refractivity contribution in [2.75, 3.05) is 32.7 Å². The molecule has 0 spiro atoms. The van der Waals surface area contributed by atoms with Crippen molar-refractivity contribution >= 4 is 10.9 Å². The number of aryl methyl sites for hydroxylation is 1. The molecule has 1 aromatic carbocycles. The van der Waals surface area contributed by atoms with Crippen LogP contribution in [0.3, 0.4) is 0 Å². The summed E-state index contributed by atoms with van der Waals surface area (Å²) in [6.45, 7) is 6.81. The van der Waals surface area contributed by atoms with Crippen molar-refractivity contribution < 1.29 is 0 Å². The lowest BCUT2D eigenvalue weighted by Gasteiger charge is -2.34. The van der Waals surface area contributed by atoms with E-state index in [4.69, 9.17) is 0 Å². The van der Waals surface area contributed by atoms with Crippen LogP contribution in [-0.4, -0.2) is 67.3 Å². The number of rotatable bonds is 8. The van der Waals surface area contributed by atoms with Gasteiger partial charge in [0.15, 0.2) is 0 Å². The highest BCUT2D eigenvalue weighted by Crippen LogP contribution is 2.23. The molecule has 7 nitrogen and oxygen atoms in total. The summed E-state index contributed by atoms with van der Waals surface area (Å²) in [7, 11) is 0. The second kappa shape index (κ2) is 9.41. The smallest absolute Gasteiger partial charge is 0.123 e. The van der Waals surface area contributed by atoms with E-state index in [-0.39, 0.29) is 0 Å². The number of benzene rings is 1. The van der Waals surface area contributed by atoms with Gasteiger partial charge in [-0.05, 0) is 61.2 Å². The summed E-state index contributed by atoms with van der Waals surface area (Å²) < 4.78 is 1.95. The summed E-state index contributed by atoms with van der Waals surface area (Å²) >= 11 is 0. The molecule has 1 aliphatic heterocycles. The van der Waals surface area contributed by atoms with Gasteiger partial charge in [-0.3, -0.25) is 14.5 Å². The first kappa shape index (κ1) is 19.9. The van der Waals surface area contributed by atoms with Gasteiger partial charge >= 0.3 is 0 Å². The molecule has 1 saturated heterocycles. The number of piperazine rings is 1. The minimum Gasteiger partial charge on any atom is -0.361 e. The average Bonchev–Trinajstić information content (AvgIpc) is 3.49. The largest absolute Gasteiger partial charge is 0.361 e. The highest BCUT2D eigenvalue weighted by atomic mass is 15.3. The molecule has 4 heterocycles. The molecule has 0 aliphatic carbocycles.